The van der Waals surface area contributed by atoms with E-state index in [0.29, 0.717) is 12.1 Å². The number of carbonyl (C=O) groups excluding carboxylic acids is 1. The van der Waals surface area contributed by atoms with Gasteiger partial charge in [-0.25, -0.2) is 4.98 Å². The zero-order valence-electron chi connectivity index (χ0n) is 18.2. The smallest absolute Gasteiger partial charge is 0.254 e. The van der Waals surface area contributed by atoms with Crippen LogP contribution in [0.2, 0.25) is 0 Å². The second-order valence-electron chi connectivity index (χ2n) is 8.58. The molecule has 2 aromatic heterocycles. The first-order valence-corrected chi connectivity index (χ1v) is 11.8. The molecular formula is C25H27N3O2S. The van der Waals surface area contributed by atoms with Gasteiger partial charge in [0.25, 0.3) is 5.91 Å². The van der Waals surface area contributed by atoms with Crippen LogP contribution in [0.15, 0.2) is 47.8 Å². The molecular weight excluding hydrogens is 406 g/mol. The second kappa shape index (κ2) is 8.00. The molecule has 31 heavy (non-hydrogen) atoms. The summed E-state index contributed by atoms with van der Waals surface area (Å²) in [4.78, 5) is 20.4. The molecule has 5 nitrogen and oxygen atoms in total. The van der Waals surface area contributed by atoms with Crippen LogP contribution in [0.4, 0.5) is 0 Å². The highest BCUT2D eigenvalue weighted by atomic mass is 32.1. The maximum absolute atomic E-state index is 13.5. The summed E-state index contributed by atoms with van der Waals surface area (Å²) >= 11 is 1.64. The van der Waals surface area contributed by atoms with Gasteiger partial charge < -0.3 is 14.2 Å². The predicted molar refractivity (Wildman–Crippen MR) is 126 cm³/mol. The molecule has 0 radical (unpaired) electrons. The lowest BCUT2D eigenvalue weighted by atomic mass is 9.96. The number of rotatable bonds is 4. The first-order valence-electron chi connectivity index (χ1n) is 10.9. The molecule has 0 N–H and O–H groups in total. The largest absolute Gasteiger partial charge is 0.490 e. The Morgan fingerprint density at radius 3 is 2.87 bits per heavy atom. The fraction of sp³-hybridized carbons (Fsp3) is 0.360. The van der Waals surface area contributed by atoms with Gasteiger partial charge in [0.1, 0.15) is 11.6 Å². The monoisotopic (exact) mass is 433 g/mol. The lowest BCUT2D eigenvalue weighted by Crippen LogP contribution is -2.39. The van der Waals surface area contributed by atoms with Crippen molar-refractivity contribution in [2.24, 2.45) is 7.05 Å². The van der Waals surface area contributed by atoms with Crippen LogP contribution in [0.25, 0.3) is 21.1 Å². The number of piperidine rings is 1. The molecule has 0 saturated carbocycles. The van der Waals surface area contributed by atoms with Gasteiger partial charge in [-0.05, 0) is 62.4 Å². The molecule has 0 aliphatic carbocycles. The number of fused-ring (bicyclic) bond motifs is 2. The molecule has 2 aromatic carbocycles. The highest BCUT2D eigenvalue weighted by molar-refractivity contribution is 7.17. The van der Waals surface area contributed by atoms with Crippen molar-refractivity contribution in [2.45, 2.75) is 38.7 Å². The van der Waals surface area contributed by atoms with Crippen molar-refractivity contribution in [1.82, 2.24) is 14.5 Å². The zero-order chi connectivity index (χ0) is 21.5. The Morgan fingerprint density at radius 1 is 1.23 bits per heavy atom. The third-order valence-corrected chi connectivity index (χ3v) is 6.90. The van der Waals surface area contributed by atoms with Crippen molar-refractivity contribution in [3.05, 3.63) is 59.2 Å². The van der Waals surface area contributed by atoms with Gasteiger partial charge in [-0.3, -0.25) is 4.79 Å². The number of benzene rings is 2. The molecule has 1 atom stereocenters. The lowest BCUT2D eigenvalue weighted by molar-refractivity contribution is 0.0703. The maximum Gasteiger partial charge on any atom is 0.254 e. The Hall–Kier alpha value is -2.86. The van der Waals surface area contributed by atoms with E-state index in [2.05, 4.69) is 35.2 Å². The standard InChI is InChI=1S/C25H27N3O2S/c1-16(2)30-22-13-18(14-23-19(22)10-12-31-23)25(29)28-11-6-7-17(15-28)24-26-20-8-4-5-9-21(20)27(24)3/h4-5,8-10,12-14,16-17H,6-7,11,15H2,1-3H3. The van der Waals surface area contributed by atoms with Crippen molar-refractivity contribution in [3.8, 4) is 5.75 Å². The van der Waals surface area contributed by atoms with Gasteiger partial charge in [-0.15, -0.1) is 11.3 Å². The molecule has 1 amide bonds. The number of para-hydroxylation sites is 2. The molecule has 6 heteroatoms. The Labute approximate surface area is 186 Å². The summed E-state index contributed by atoms with van der Waals surface area (Å²) in [5.41, 5.74) is 2.86. The Morgan fingerprint density at radius 2 is 2.06 bits per heavy atom. The fourth-order valence-corrected chi connectivity index (χ4v) is 5.44. The van der Waals surface area contributed by atoms with Crippen molar-refractivity contribution in [2.75, 3.05) is 13.1 Å². The third-order valence-electron chi connectivity index (χ3n) is 6.04. The van der Waals surface area contributed by atoms with Crippen molar-refractivity contribution in [1.29, 1.82) is 0 Å². The van der Waals surface area contributed by atoms with E-state index in [0.717, 1.165) is 52.1 Å². The van der Waals surface area contributed by atoms with Crippen LogP contribution in [0.3, 0.4) is 0 Å². The number of likely N-dealkylation sites (tertiary alicyclic amines) is 1. The molecule has 5 rings (SSSR count). The van der Waals surface area contributed by atoms with E-state index in [-0.39, 0.29) is 17.9 Å². The van der Waals surface area contributed by atoms with Gasteiger partial charge in [0.05, 0.1) is 17.1 Å². The summed E-state index contributed by atoms with van der Waals surface area (Å²) in [6.07, 6.45) is 2.09. The van der Waals surface area contributed by atoms with Crippen LogP contribution < -0.4 is 4.74 Å². The minimum Gasteiger partial charge on any atom is -0.490 e. The van der Waals surface area contributed by atoms with Gasteiger partial charge >= 0.3 is 0 Å². The van der Waals surface area contributed by atoms with Crippen LogP contribution in [0, 0.1) is 0 Å². The van der Waals surface area contributed by atoms with Crippen LogP contribution in [-0.2, 0) is 7.05 Å². The Balaban J connectivity index is 1.43. The number of nitrogens with zero attached hydrogens (tertiary/aromatic N) is 3. The Kier molecular flexibility index (Phi) is 5.18. The van der Waals surface area contributed by atoms with Gasteiger partial charge in [-0.2, -0.15) is 0 Å². The van der Waals surface area contributed by atoms with E-state index in [9.17, 15) is 4.79 Å². The van der Waals surface area contributed by atoms with Crippen LogP contribution in [0.1, 0.15) is 48.8 Å². The fourth-order valence-electron chi connectivity index (χ4n) is 4.60. The number of hydrogen-bond donors (Lipinski definition) is 0. The molecule has 1 saturated heterocycles. The maximum atomic E-state index is 13.5. The van der Waals surface area contributed by atoms with Gasteiger partial charge in [-0.1, -0.05) is 12.1 Å². The van der Waals surface area contributed by atoms with E-state index in [1.165, 1.54) is 0 Å². The number of aryl methyl sites for hydroxylation is 1. The molecule has 1 aliphatic rings. The number of hydrogen-bond acceptors (Lipinski definition) is 4. The number of aromatic nitrogens is 2. The Bertz CT molecular complexity index is 1260. The van der Waals surface area contributed by atoms with E-state index in [1.54, 1.807) is 11.3 Å². The molecule has 0 spiro atoms. The highest BCUT2D eigenvalue weighted by Crippen LogP contribution is 2.34. The van der Waals surface area contributed by atoms with Crippen LogP contribution in [-0.4, -0.2) is 39.6 Å². The third kappa shape index (κ3) is 3.69. The van der Waals surface area contributed by atoms with Crippen molar-refractivity contribution >= 4 is 38.4 Å². The zero-order valence-corrected chi connectivity index (χ0v) is 19.0. The molecule has 0 bridgehead atoms. The summed E-state index contributed by atoms with van der Waals surface area (Å²) in [5.74, 6) is 2.18. The topological polar surface area (TPSA) is 47.4 Å². The molecule has 1 aliphatic heterocycles. The normalized spacial score (nSPS) is 17.0. The second-order valence-corrected chi connectivity index (χ2v) is 9.53. The summed E-state index contributed by atoms with van der Waals surface area (Å²) in [6, 6.07) is 14.2. The first kappa shape index (κ1) is 20.1. The van der Waals surface area contributed by atoms with E-state index in [4.69, 9.17) is 9.72 Å². The lowest BCUT2D eigenvalue weighted by Gasteiger charge is -2.32. The van der Waals surface area contributed by atoms with Crippen molar-refractivity contribution in [3.63, 3.8) is 0 Å². The number of amides is 1. The molecule has 160 valence electrons. The summed E-state index contributed by atoms with van der Waals surface area (Å²) in [7, 11) is 2.08. The van der Waals surface area contributed by atoms with Crippen LogP contribution in [0.5, 0.6) is 5.75 Å². The van der Waals surface area contributed by atoms with Gasteiger partial charge in [0.15, 0.2) is 0 Å². The average molecular weight is 434 g/mol. The molecule has 4 aromatic rings. The van der Waals surface area contributed by atoms with E-state index in [1.807, 2.05) is 43.0 Å². The molecule has 3 heterocycles. The number of ether oxygens (including phenoxy) is 1. The summed E-state index contributed by atoms with van der Waals surface area (Å²) in [5, 5.41) is 3.13. The quantitative estimate of drug-likeness (QED) is 0.421. The minimum atomic E-state index is 0.0605. The van der Waals surface area contributed by atoms with Crippen LogP contribution >= 0.6 is 11.3 Å². The van der Waals surface area contributed by atoms with Crippen molar-refractivity contribution < 1.29 is 9.53 Å². The summed E-state index contributed by atoms with van der Waals surface area (Å²) in [6.45, 7) is 5.50. The van der Waals surface area contributed by atoms with E-state index < -0.39 is 0 Å². The number of imidazole rings is 1. The highest BCUT2D eigenvalue weighted by Gasteiger charge is 2.29. The SMILES string of the molecule is CC(C)Oc1cc(C(=O)N2CCCC(c3nc4ccccc4n3C)C2)cc2sccc12. The molecule has 1 fully saturated rings. The van der Waals surface area contributed by atoms with E-state index >= 15 is 0 Å². The molecule has 1 unspecified atom stereocenters. The van der Waals surface area contributed by atoms with Gasteiger partial charge in [0.2, 0.25) is 0 Å². The first-order chi connectivity index (χ1) is 15.0. The average Bonchev–Trinajstić information content (AvgIpc) is 3.38. The van der Waals surface area contributed by atoms with Gasteiger partial charge in [0, 0.05) is 41.7 Å². The number of thiophene rings is 1. The minimum absolute atomic E-state index is 0.0605. The number of carbonyl (C=O) groups is 1. The predicted octanol–water partition coefficient (Wildman–Crippen LogP) is 5.60. The summed E-state index contributed by atoms with van der Waals surface area (Å²) < 4.78 is 9.30.